The highest BCUT2D eigenvalue weighted by Crippen LogP contribution is 2.19. The van der Waals surface area contributed by atoms with Crippen molar-refractivity contribution >= 4 is 23.2 Å². The average Bonchev–Trinajstić information content (AvgIpc) is 2.65. The van der Waals surface area contributed by atoms with Gasteiger partial charge in [0.25, 0.3) is 5.56 Å². The third-order valence-corrected chi connectivity index (χ3v) is 4.07. The molecule has 2 N–H and O–H groups in total. The van der Waals surface area contributed by atoms with Crippen molar-refractivity contribution in [3.05, 3.63) is 76.6 Å². The third kappa shape index (κ3) is 4.70. The Morgan fingerprint density at radius 2 is 1.57 bits per heavy atom. The molecule has 0 saturated heterocycles. The van der Waals surface area contributed by atoms with Gasteiger partial charge in [-0.05, 0) is 42.8 Å². The fourth-order valence-electron chi connectivity index (χ4n) is 2.74. The van der Waals surface area contributed by atoms with Gasteiger partial charge < -0.3 is 10.6 Å². The Bertz CT molecular complexity index is 1070. The SMILES string of the molecule is CC(=O)Nc1ccc(NC(=O)Cn2nc(-c3ccccc3C)ccc2=O)cc1. The zero-order valence-electron chi connectivity index (χ0n) is 15.6. The quantitative estimate of drug-likeness (QED) is 0.716. The van der Waals surface area contributed by atoms with E-state index in [0.717, 1.165) is 15.8 Å². The van der Waals surface area contributed by atoms with E-state index in [2.05, 4.69) is 15.7 Å². The molecule has 1 aromatic heterocycles. The standard InChI is InChI=1S/C21H20N4O3/c1-14-5-3-4-6-18(14)19-11-12-21(28)25(24-19)13-20(27)23-17-9-7-16(8-10-17)22-15(2)26/h3-12H,13H2,1-2H3,(H,22,26)(H,23,27). The van der Waals surface area contributed by atoms with Crippen LogP contribution in [0.15, 0.2) is 65.5 Å². The van der Waals surface area contributed by atoms with Gasteiger partial charge in [-0.15, -0.1) is 0 Å². The highest BCUT2D eigenvalue weighted by Gasteiger charge is 2.10. The summed E-state index contributed by atoms with van der Waals surface area (Å²) in [4.78, 5) is 35.5. The van der Waals surface area contributed by atoms with Crippen molar-refractivity contribution in [1.82, 2.24) is 9.78 Å². The van der Waals surface area contributed by atoms with Gasteiger partial charge in [0.15, 0.2) is 0 Å². The van der Waals surface area contributed by atoms with E-state index >= 15 is 0 Å². The van der Waals surface area contributed by atoms with Gasteiger partial charge in [-0.25, -0.2) is 4.68 Å². The minimum atomic E-state index is -0.371. The van der Waals surface area contributed by atoms with Gasteiger partial charge in [-0.1, -0.05) is 24.3 Å². The highest BCUT2D eigenvalue weighted by molar-refractivity contribution is 5.92. The van der Waals surface area contributed by atoms with Crippen LogP contribution in [-0.2, 0) is 16.1 Å². The molecule has 7 heteroatoms. The zero-order valence-corrected chi connectivity index (χ0v) is 15.6. The number of nitrogens with one attached hydrogen (secondary N) is 2. The second-order valence-electron chi connectivity index (χ2n) is 6.34. The van der Waals surface area contributed by atoms with Gasteiger partial charge in [0.05, 0.1) is 5.69 Å². The Morgan fingerprint density at radius 1 is 0.929 bits per heavy atom. The number of hydrogen-bond donors (Lipinski definition) is 2. The van der Waals surface area contributed by atoms with Gasteiger partial charge >= 0.3 is 0 Å². The van der Waals surface area contributed by atoms with Crippen molar-refractivity contribution in [2.45, 2.75) is 20.4 Å². The number of carbonyl (C=O) groups excluding carboxylic acids is 2. The Kier molecular flexibility index (Phi) is 5.64. The summed E-state index contributed by atoms with van der Waals surface area (Å²) in [7, 11) is 0. The van der Waals surface area contributed by atoms with Gasteiger partial charge in [0.2, 0.25) is 11.8 Å². The fourth-order valence-corrected chi connectivity index (χ4v) is 2.74. The number of nitrogens with zero attached hydrogens (tertiary/aromatic N) is 2. The second kappa shape index (κ2) is 8.30. The topological polar surface area (TPSA) is 93.1 Å². The van der Waals surface area contributed by atoms with E-state index in [9.17, 15) is 14.4 Å². The van der Waals surface area contributed by atoms with Crippen LogP contribution in [0.3, 0.4) is 0 Å². The summed E-state index contributed by atoms with van der Waals surface area (Å²) in [5, 5.41) is 9.70. The van der Waals surface area contributed by atoms with Gasteiger partial charge in [0.1, 0.15) is 6.54 Å². The second-order valence-corrected chi connectivity index (χ2v) is 6.34. The van der Waals surface area contributed by atoms with Crippen molar-refractivity contribution in [1.29, 1.82) is 0 Å². The summed E-state index contributed by atoms with van der Waals surface area (Å²) in [6.07, 6.45) is 0. The lowest BCUT2D eigenvalue weighted by molar-refractivity contribution is -0.117. The van der Waals surface area contributed by atoms with Crippen LogP contribution in [-0.4, -0.2) is 21.6 Å². The molecule has 2 aromatic carbocycles. The smallest absolute Gasteiger partial charge is 0.267 e. The largest absolute Gasteiger partial charge is 0.326 e. The lowest BCUT2D eigenvalue weighted by atomic mass is 10.1. The number of rotatable bonds is 5. The predicted octanol–water partition coefficient (Wildman–Crippen LogP) is 2.82. The lowest BCUT2D eigenvalue weighted by Crippen LogP contribution is -2.29. The van der Waals surface area contributed by atoms with Gasteiger partial charge in [-0.2, -0.15) is 5.10 Å². The van der Waals surface area contributed by atoms with E-state index in [1.165, 1.54) is 13.0 Å². The number of aromatic nitrogens is 2. The summed E-state index contributed by atoms with van der Waals surface area (Å²) in [6, 6.07) is 17.5. The van der Waals surface area contributed by atoms with Crippen LogP contribution < -0.4 is 16.2 Å². The van der Waals surface area contributed by atoms with Crippen molar-refractivity contribution in [3.8, 4) is 11.3 Å². The molecule has 0 saturated carbocycles. The molecule has 28 heavy (non-hydrogen) atoms. The van der Waals surface area contributed by atoms with Crippen LogP contribution in [0.5, 0.6) is 0 Å². The van der Waals surface area contributed by atoms with E-state index in [1.807, 2.05) is 31.2 Å². The number of amides is 2. The Balaban J connectivity index is 1.73. The van der Waals surface area contributed by atoms with Gasteiger partial charge in [0, 0.05) is 29.9 Å². The molecular formula is C21H20N4O3. The molecule has 7 nitrogen and oxygen atoms in total. The maximum atomic E-state index is 12.3. The molecule has 0 aliphatic heterocycles. The Hall–Kier alpha value is -3.74. The molecule has 0 bridgehead atoms. The molecule has 0 aliphatic rings. The predicted molar refractivity (Wildman–Crippen MR) is 108 cm³/mol. The lowest BCUT2D eigenvalue weighted by Gasteiger charge is -2.10. The number of anilines is 2. The number of benzene rings is 2. The van der Waals surface area contributed by atoms with E-state index in [4.69, 9.17) is 0 Å². The maximum absolute atomic E-state index is 12.3. The van der Waals surface area contributed by atoms with E-state index < -0.39 is 0 Å². The first-order valence-electron chi connectivity index (χ1n) is 8.74. The summed E-state index contributed by atoms with van der Waals surface area (Å²) in [5.41, 5.74) is 3.41. The molecule has 142 valence electrons. The molecule has 0 fully saturated rings. The summed E-state index contributed by atoms with van der Waals surface area (Å²) >= 11 is 0. The van der Waals surface area contributed by atoms with E-state index in [1.54, 1.807) is 30.3 Å². The molecule has 0 radical (unpaired) electrons. The molecule has 0 atom stereocenters. The van der Waals surface area contributed by atoms with Crippen molar-refractivity contribution in [3.63, 3.8) is 0 Å². The molecule has 0 unspecified atom stereocenters. The fraction of sp³-hybridized carbons (Fsp3) is 0.143. The molecule has 2 amide bonds. The average molecular weight is 376 g/mol. The maximum Gasteiger partial charge on any atom is 0.267 e. The van der Waals surface area contributed by atoms with Crippen LogP contribution in [0.2, 0.25) is 0 Å². The monoisotopic (exact) mass is 376 g/mol. The normalized spacial score (nSPS) is 10.4. The number of carbonyl (C=O) groups is 2. The highest BCUT2D eigenvalue weighted by atomic mass is 16.2. The Labute approximate surface area is 162 Å². The first-order chi connectivity index (χ1) is 13.4. The van der Waals surface area contributed by atoms with Crippen molar-refractivity contribution in [2.75, 3.05) is 10.6 Å². The molecule has 1 heterocycles. The minimum Gasteiger partial charge on any atom is -0.326 e. The van der Waals surface area contributed by atoms with Crippen LogP contribution >= 0.6 is 0 Å². The first kappa shape index (κ1) is 19.0. The van der Waals surface area contributed by atoms with Crippen LogP contribution in [0.4, 0.5) is 11.4 Å². The molecule has 0 spiro atoms. The van der Waals surface area contributed by atoms with Crippen LogP contribution in [0.1, 0.15) is 12.5 Å². The third-order valence-electron chi connectivity index (χ3n) is 4.07. The molecule has 3 rings (SSSR count). The summed E-state index contributed by atoms with van der Waals surface area (Å²) in [5.74, 6) is -0.542. The van der Waals surface area contributed by atoms with Crippen LogP contribution in [0, 0.1) is 6.92 Å². The van der Waals surface area contributed by atoms with Crippen LogP contribution in [0.25, 0.3) is 11.3 Å². The van der Waals surface area contributed by atoms with E-state index in [-0.39, 0.29) is 23.9 Å². The van der Waals surface area contributed by atoms with Gasteiger partial charge in [-0.3, -0.25) is 14.4 Å². The van der Waals surface area contributed by atoms with Crippen molar-refractivity contribution < 1.29 is 9.59 Å². The van der Waals surface area contributed by atoms with Crippen molar-refractivity contribution in [2.24, 2.45) is 0 Å². The number of aryl methyl sites for hydroxylation is 1. The summed E-state index contributed by atoms with van der Waals surface area (Å²) < 4.78 is 1.14. The zero-order chi connectivity index (χ0) is 20.1. The molecular weight excluding hydrogens is 356 g/mol. The summed E-state index contributed by atoms with van der Waals surface area (Å²) in [6.45, 7) is 3.18. The first-order valence-corrected chi connectivity index (χ1v) is 8.74. The van der Waals surface area contributed by atoms with E-state index in [0.29, 0.717) is 17.1 Å². The Morgan fingerprint density at radius 3 is 2.21 bits per heavy atom. The number of hydrogen-bond acceptors (Lipinski definition) is 4. The minimum absolute atomic E-state index is 0.171. The molecule has 3 aromatic rings. The molecule has 0 aliphatic carbocycles.